The maximum atomic E-state index is 12.7. The second-order valence-electron chi connectivity index (χ2n) is 7.91. The number of esters is 1. The Kier molecular flexibility index (Phi) is 6.16. The third-order valence-electron chi connectivity index (χ3n) is 3.90. The molecule has 0 spiro atoms. The van der Waals surface area contributed by atoms with E-state index < -0.39 is 6.55 Å². The molecule has 1 heterocycles. The Labute approximate surface area is 153 Å². The smallest absolute Gasteiger partial charge is 0.333 e. The number of alkyl halides is 2. The number of ether oxygens (including phenoxy) is 1. The summed E-state index contributed by atoms with van der Waals surface area (Å²) in [5.74, 6) is -0.608. The first kappa shape index (κ1) is 20.1. The molecule has 0 amide bonds. The van der Waals surface area contributed by atoms with Gasteiger partial charge in [0.1, 0.15) is 0 Å². The number of halogens is 2. The van der Waals surface area contributed by atoms with Gasteiger partial charge < -0.3 is 4.74 Å². The first-order valence-corrected chi connectivity index (χ1v) is 8.70. The molecule has 1 atom stereocenters. The molecule has 4 nitrogen and oxygen atoms in total. The molecule has 0 N–H and O–H groups in total. The van der Waals surface area contributed by atoms with Crippen LogP contribution in [0.3, 0.4) is 0 Å². The Morgan fingerprint density at radius 2 is 1.77 bits per heavy atom. The molecule has 0 aliphatic carbocycles. The highest BCUT2D eigenvalue weighted by atomic mass is 19.3. The molecule has 0 bridgehead atoms. The zero-order valence-electron chi connectivity index (χ0n) is 15.9. The Bertz CT molecular complexity index is 731. The van der Waals surface area contributed by atoms with E-state index in [-0.39, 0.29) is 23.4 Å². The molecule has 142 valence electrons. The van der Waals surface area contributed by atoms with E-state index >= 15 is 0 Å². The van der Waals surface area contributed by atoms with Gasteiger partial charge in [0, 0.05) is 11.8 Å². The molecule has 0 saturated heterocycles. The average molecular weight is 364 g/mol. The Balaban J connectivity index is 2.26. The third kappa shape index (κ3) is 5.38. The fourth-order valence-corrected chi connectivity index (χ4v) is 2.77. The van der Waals surface area contributed by atoms with Gasteiger partial charge in [-0.1, -0.05) is 45.0 Å². The van der Waals surface area contributed by atoms with Gasteiger partial charge in [-0.2, -0.15) is 13.9 Å². The summed E-state index contributed by atoms with van der Waals surface area (Å²) in [6.45, 7) is 7.23. The number of rotatable bonds is 6. The number of aromatic nitrogens is 2. The van der Waals surface area contributed by atoms with Crippen LogP contribution in [0, 0.1) is 5.41 Å². The van der Waals surface area contributed by atoms with Gasteiger partial charge in [-0.25, -0.2) is 4.68 Å². The molecular formula is C20H26F2N2O2. The lowest BCUT2D eigenvalue weighted by atomic mass is 9.81. The van der Waals surface area contributed by atoms with E-state index in [2.05, 4.69) is 25.9 Å². The van der Waals surface area contributed by atoms with E-state index in [0.29, 0.717) is 16.7 Å². The zero-order valence-corrected chi connectivity index (χ0v) is 15.9. The molecule has 0 aliphatic heterocycles. The fraction of sp³-hybridized carbons (Fsp3) is 0.500. The lowest BCUT2D eigenvalue weighted by Gasteiger charge is -2.26. The van der Waals surface area contributed by atoms with Crippen molar-refractivity contribution in [3.05, 3.63) is 42.2 Å². The second-order valence-corrected chi connectivity index (χ2v) is 7.91. The minimum atomic E-state index is -2.66. The molecule has 2 rings (SSSR count). The van der Waals surface area contributed by atoms with Crippen LogP contribution in [0.15, 0.2) is 36.7 Å². The Hall–Kier alpha value is -2.24. The Morgan fingerprint density at radius 1 is 1.15 bits per heavy atom. The molecule has 6 heteroatoms. The van der Waals surface area contributed by atoms with E-state index in [4.69, 9.17) is 4.74 Å². The van der Waals surface area contributed by atoms with Gasteiger partial charge in [-0.05, 0) is 36.8 Å². The summed E-state index contributed by atoms with van der Waals surface area (Å²) in [6, 6.07) is 7.35. The van der Waals surface area contributed by atoms with Crippen LogP contribution in [-0.2, 0) is 9.53 Å². The Morgan fingerprint density at radius 3 is 2.23 bits per heavy atom. The minimum absolute atomic E-state index is 0.0439. The summed E-state index contributed by atoms with van der Waals surface area (Å²) in [5.41, 5.74) is 2.19. The predicted molar refractivity (Wildman–Crippen MR) is 97.0 cm³/mol. The van der Waals surface area contributed by atoms with Crippen molar-refractivity contribution in [3.63, 3.8) is 0 Å². The van der Waals surface area contributed by atoms with Crippen molar-refractivity contribution in [2.24, 2.45) is 5.41 Å². The van der Waals surface area contributed by atoms with Crippen LogP contribution in [0.1, 0.15) is 59.1 Å². The van der Waals surface area contributed by atoms with Crippen molar-refractivity contribution in [2.45, 2.75) is 59.6 Å². The molecular weight excluding hydrogens is 338 g/mol. The van der Waals surface area contributed by atoms with E-state index in [1.807, 2.05) is 38.1 Å². The van der Waals surface area contributed by atoms with Gasteiger partial charge in [0.15, 0.2) is 0 Å². The summed E-state index contributed by atoms with van der Waals surface area (Å²) in [7, 11) is 0. The van der Waals surface area contributed by atoms with E-state index in [1.165, 1.54) is 12.4 Å². The first-order valence-electron chi connectivity index (χ1n) is 8.70. The van der Waals surface area contributed by atoms with Crippen molar-refractivity contribution in [2.75, 3.05) is 0 Å². The van der Waals surface area contributed by atoms with Crippen molar-refractivity contribution < 1.29 is 18.3 Å². The van der Waals surface area contributed by atoms with Gasteiger partial charge in [0.2, 0.25) is 0 Å². The van der Waals surface area contributed by atoms with E-state index in [0.717, 1.165) is 11.1 Å². The van der Waals surface area contributed by atoms with Gasteiger partial charge in [0.25, 0.3) is 0 Å². The molecule has 26 heavy (non-hydrogen) atoms. The summed E-state index contributed by atoms with van der Waals surface area (Å²) in [4.78, 5) is 12.5. The van der Waals surface area contributed by atoms with Crippen LogP contribution in [0.25, 0.3) is 11.1 Å². The fourth-order valence-electron chi connectivity index (χ4n) is 2.77. The lowest BCUT2D eigenvalue weighted by Crippen LogP contribution is -2.24. The van der Waals surface area contributed by atoms with Gasteiger partial charge in [-0.3, -0.25) is 4.79 Å². The summed E-state index contributed by atoms with van der Waals surface area (Å²) < 4.78 is 31.4. The molecule has 1 unspecified atom stereocenters. The van der Waals surface area contributed by atoms with Crippen molar-refractivity contribution >= 4 is 5.97 Å². The third-order valence-corrected chi connectivity index (χ3v) is 3.90. The molecule has 0 saturated carbocycles. The maximum absolute atomic E-state index is 12.7. The highest BCUT2D eigenvalue weighted by molar-refractivity contribution is 5.78. The predicted octanol–water partition coefficient (Wildman–Crippen LogP) is 5.42. The van der Waals surface area contributed by atoms with Crippen LogP contribution in [0.5, 0.6) is 0 Å². The number of hydrogen-bond donors (Lipinski definition) is 0. The number of carbonyl (C=O) groups excluding carboxylic acids is 1. The maximum Gasteiger partial charge on any atom is 0.333 e. The van der Waals surface area contributed by atoms with Crippen LogP contribution < -0.4 is 0 Å². The minimum Gasteiger partial charge on any atom is -0.463 e. The van der Waals surface area contributed by atoms with Crippen LogP contribution in [0.2, 0.25) is 0 Å². The largest absolute Gasteiger partial charge is 0.463 e. The summed E-state index contributed by atoms with van der Waals surface area (Å²) in [5, 5.41) is 3.65. The second kappa shape index (κ2) is 7.98. The number of carbonyl (C=O) groups is 1. The standard InChI is InChI=1S/C20H26F2N2O2/c1-13(2)26-18(25)17(10-20(3,4)5)15-8-6-14(7-9-15)16-11-23-24(12-16)19(21)22/h6-9,11-13,17,19H,10H2,1-5H3. The van der Waals surface area contributed by atoms with Crippen LogP contribution >= 0.6 is 0 Å². The lowest BCUT2D eigenvalue weighted by molar-refractivity contribution is -0.150. The van der Waals surface area contributed by atoms with E-state index in [1.54, 1.807) is 0 Å². The van der Waals surface area contributed by atoms with Crippen LogP contribution in [0.4, 0.5) is 8.78 Å². The normalized spacial score (nSPS) is 13.3. The van der Waals surface area contributed by atoms with Gasteiger partial charge in [-0.15, -0.1) is 0 Å². The SMILES string of the molecule is CC(C)OC(=O)C(CC(C)(C)C)c1ccc(-c2cnn(C(F)F)c2)cc1. The van der Waals surface area contributed by atoms with Gasteiger partial charge in [0.05, 0.1) is 18.2 Å². The molecule has 0 aliphatic rings. The highest BCUT2D eigenvalue weighted by Gasteiger charge is 2.28. The highest BCUT2D eigenvalue weighted by Crippen LogP contribution is 2.33. The van der Waals surface area contributed by atoms with Crippen molar-refractivity contribution in [1.82, 2.24) is 9.78 Å². The monoisotopic (exact) mass is 364 g/mol. The topological polar surface area (TPSA) is 44.1 Å². The van der Waals surface area contributed by atoms with Crippen molar-refractivity contribution in [3.8, 4) is 11.1 Å². The quantitative estimate of drug-likeness (QED) is 0.643. The average Bonchev–Trinajstić information content (AvgIpc) is 3.01. The molecule has 2 aromatic rings. The number of nitrogens with zero attached hydrogens (tertiary/aromatic N) is 2. The van der Waals surface area contributed by atoms with E-state index in [9.17, 15) is 13.6 Å². The van der Waals surface area contributed by atoms with Crippen molar-refractivity contribution in [1.29, 1.82) is 0 Å². The zero-order chi connectivity index (χ0) is 19.5. The number of benzene rings is 1. The number of hydrogen-bond acceptors (Lipinski definition) is 3. The summed E-state index contributed by atoms with van der Waals surface area (Å²) >= 11 is 0. The van der Waals surface area contributed by atoms with Gasteiger partial charge >= 0.3 is 12.5 Å². The van der Waals surface area contributed by atoms with Crippen LogP contribution in [-0.4, -0.2) is 21.9 Å². The molecule has 0 radical (unpaired) electrons. The molecule has 0 fully saturated rings. The summed E-state index contributed by atoms with van der Waals surface area (Å²) in [6.07, 6.45) is 3.19. The first-order chi connectivity index (χ1) is 12.1. The molecule has 1 aromatic carbocycles. The molecule has 1 aromatic heterocycles.